The number of alkyl halides is 1. The molecule has 1 N–H and O–H groups in total. The van der Waals surface area contributed by atoms with Gasteiger partial charge >= 0.3 is 11.9 Å². The Morgan fingerprint density at radius 2 is 2.06 bits per heavy atom. The summed E-state index contributed by atoms with van der Waals surface area (Å²) in [7, 11) is 0. The quantitative estimate of drug-likeness (QED) is 0.480. The predicted octanol–water partition coefficient (Wildman–Crippen LogP) is 2.12. The molecule has 17 heavy (non-hydrogen) atoms. The molecule has 0 aromatic heterocycles. The van der Waals surface area contributed by atoms with Crippen molar-refractivity contribution in [2.75, 3.05) is 6.61 Å². The lowest BCUT2D eigenvalue weighted by Gasteiger charge is -2.03. The second-order valence-corrected chi connectivity index (χ2v) is 5.05. The third-order valence-electron chi connectivity index (χ3n) is 3.16. The number of aliphatic carboxylic acids is 1. The summed E-state index contributed by atoms with van der Waals surface area (Å²) in [5.74, 6) is -4.16. The lowest BCUT2D eigenvalue weighted by molar-refractivity contribution is -0.140. The van der Waals surface area contributed by atoms with Crippen molar-refractivity contribution in [3.8, 4) is 0 Å². The highest BCUT2D eigenvalue weighted by molar-refractivity contribution is 6.37. The number of carboxylic acid groups (broad SMARTS) is 1. The monoisotopic (exact) mass is 264 g/mol. The summed E-state index contributed by atoms with van der Waals surface area (Å²) in [5.41, 5.74) is -0.801. The van der Waals surface area contributed by atoms with Crippen LogP contribution in [0.3, 0.4) is 0 Å². The summed E-state index contributed by atoms with van der Waals surface area (Å²) in [6.07, 6.45) is 0.930. The highest BCUT2D eigenvalue weighted by atomic mass is 35.5. The minimum atomic E-state index is -1.56. The van der Waals surface area contributed by atoms with Gasteiger partial charge in [0.05, 0.1) is 6.61 Å². The Bertz CT molecular complexity index is 391. The molecule has 96 valence electrons. The van der Waals surface area contributed by atoms with Crippen LogP contribution in [-0.2, 0) is 14.3 Å². The maximum absolute atomic E-state index is 13.4. The Labute approximate surface area is 103 Å². The number of carbonyl (C=O) groups is 2. The van der Waals surface area contributed by atoms with Gasteiger partial charge < -0.3 is 9.84 Å². The molecule has 1 saturated carbocycles. The summed E-state index contributed by atoms with van der Waals surface area (Å²) in [5, 5.41) is 8.97. The molecule has 0 heterocycles. The molecule has 1 rings (SSSR count). The van der Waals surface area contributed by atoms with Gasteiger partial charge in [0.15, 0.2) is 4.87 Å². The second kappa shape index (κ2) is 4.29. The molecule has 4 nitrogen and oxygen atoms in total. The van der Waals surface area contributed by atoms with Gasteiger partial charge in [-0.05, 0) is 13.0 Å². The van der Waals surface area contributed by atoms with E-state index < -0.39 is 34.0 Å². The number of carbonyl (C=O) groups excluding carboxylic acids is 1. The molecule has 0 spiro atoms. The van der Waals surface area contributed by atoms with E-state index in [-0.39, 0.29) is 6.61 Å². The molecular formula is C11H14ClFO4. The fourth-order valence-electron chi connectivity index (χ4n) is 1.90. The third-order valence-corrected chi connectivity index (χ3v) is 4.04. The molecule has 0 aromatic rings. The minimum Gasteiger partial charge on any atom is -0.480 e. The normalized spacial score (nSPS) is 30.9. The van der Waals surface area contributed by atoms with Crippen molar-refractivity contribution in [3.63, 3.8) is 0 Å². The van der Waals surface area contributed by atoms with Gasteiger partial charge in [-0.15, -0.1) is 11.6 Å². The van der Waals surface area contributed by atoms with E-state index >= 15 is 0 Å². The lowest BCUT2D eigenvalue weighted by Crippen LogP contribution is -2.21. The van der Waals surface area contributed by atoms with E-state index in [0.29, 0.717) is 0 Å². The molecule has 2 atom stereocenters. The van der Waals surface area contributed by atoms with Gasteiger partial charge in [0.25, 0.3) is 0 Å². The Balaban J connectivity index is 2.88. The summed E-state index contributed by atoms with van der Waals surface area (Å²) in [6.45, 7) is 4.82. The highest BCUT2D eigenvalue weighted by Gasteiger charge is 2.75. The standard InChI is InChI=1S/C11H14ClFO4/c1-4-17-8(14)6(13)5-7-10(2,3)11(7,12)9(15)16/h5,7H,4H2,1-3H3,(H,15,16)/b6-5+. The van der Waals surface area contributed by atoms with Crippen LogP contribution in [0.5, 0.6) is 0 Å². The van der Waals surface area contributed by atoms with Gasteiger partial charge in [0.1, 0.15) is 0 Å². The second-order valence-electron chi connectivity index (χ2n) is 4.45. The number of carboxylic acids is 1. The molecule has 0 bridgehead atoms. The number of rotatable bonds is 4. The van der Waals surface area contributed by atoms with Gasteiger partial charge in [-0.25, -0.2) is 4.79 Å². The fraction of sp³-hybridized carbons (Fsp3) is 0.636. The molecule has 0 radical (unpaired) electrons. The van der Waals surface area contributed by atoms with Gasteiger partial charge in [-0.2, -0.15) is 4.39 Å². The van der Waals surface area contributed by atoms with Crippen molar-refractivity contribution in [1.29, 1.82) is 0 Å². The van der Waals surface area contributed by atoms with E-state index in [9.17, 15) is 14.0 Å². The molecular weight excluding hydrogens is 251 g/mol. The van der Waals surface area contributed by atoms with E-state index in [1.807, 2.05) is 0 Å². The number of allylic oxidation sites excluding steroid dienone is 1. The summed E-state index contributed by atoms with van der Waals surface area (Å²) >= 11 is 5.90. The molecule has 2 unspecified atom stereocenters. The van der Waals surface area contributed by atoms with Crippen molar-refractivity contribution in [2.24, 2.45) is 11.3 Å². The van der Waals surface area contributed by atoms with Crippen LogP contribution in [0.4, 0.5) is 4.39 Å². The number of esters is 1. The molecule has 0 aliphatic heterocycles. The zero-order chi connectivity index (χ0) is 13.4. The van der Waals surface area contributed by atoms with Crippen molar-refractivity contribution in [1.82, 2.24) is 0 Å². The molecule has 6 heteroatoms. The minimum absolute atomic E-state index is 0.0547. The van der Waals surface area contributed by atoms with Gasteiger partial charge in [-0.3, -0.25) is 4.79 Å². The topological polar surface area (TPSA) is 63.6 Å². The van der Waals surface area contributed by atoms with Crippen LogP contribution in [0, 0.1) is 11.3 Å². The van der Waals surface area contributed by atoms with Crippen LogP contribution < -0.4 is 0 Å². The van der Waals surface area contributed by atoms with Gasteiger partial charge in [0.2, 0.25) is 5.83 Å². The first-order valence-corrected chi connectivity index (χ1v) is 5.54. The Hall–Kier alpha value is -1.10. The predicted molar refractivity (Wildman–Crippen MR) is 59.3 cm³/mol. The van der Waals surface area contributed by atoms with E-state index in [1.54, 1.807) is 20.8 Å². The average Bonchev–Trinajstić information content (AvgIpc) is 2.65. The van der Waals surface area contributed by atoms with Crippen molar-refractivity contribution >= 4 is 23.5 Å². The number of halogens is 2. The van der Waals surface area contributed by atoms with Crippen LogP contribution in [0.25, 0.3) is 0 Å². The Kier molecular flexibility index (Phi) is 3.52. The number of hydrogen-bond donors (Lipinski definition) is 1. The molecule has 1 aliphatic rings. The van der Waals surface area contributed by atoms with Gasteiger partial charge in [0, 0.05) is 11.3 Å². The first-order valence-electron chi connectivity index (χ1n) is 5.16. The third kappa shape index (κ3) is 2.04. The number of ether oxygens (including phenoxy) is 1. The van der Waals surface area contributed by atoms with Crippen molar-refractivity contribution in [3.05, 3.63) is 11.9 Å². The smallest absolute Gasteiger partial charge is 0.366 e. The Morgan fingerprint density at radius 3 is 2.41 bits per heavy atom. The molecule has 0 aromatic carbocycles. The molecule has 0 amide bonds. The zero-order valence-corrected chi connectivity index (χ0v) is 10.5. The maximum Gasteiger partial charge on any atom is 0.366 e. The summed E-state index contributed by atoms with van der Waals surface area (Å²) in [6, 6.07) is 0. The maximum atomic E-state index is 13.4. The average molecular weight is 265 g/mol. The summed E-state index contributed by atoms with van der Waals surface area (Å²) in [4.78, 5) is 20.5. The zero-order valence-electron chi connectivity index (χ0n) is 9.79. The largest absolute Gasteiger partial charge is 0.480 e. The summed E-state index contributed by atoms with van der Waals surface area (Å²) < 4.78 is 17.8. The van der Waals surface area contributed by atoms with Crippen LogP contribution in [-0.4, -0.2) is 28.5 Å². The molecule has 0 saturated heterocycles. The lowest BCUT2D eigenvalue weighted by atomic mass is 10.1. The first kappa shape index (κ1) is 14.0. The number of hydrogen-bond acceptors (Lipinski definition) is 3. The highest BCUT2D eigenvalue weighted by Crippen LogP contribution is 2.67. The molecule has 1 aliphatic carbocycles. The SMILES string of the molecule is CCOC(=O)/C(F)=C\C1C(C)(C)C1(Cl)C(=O)O. The van der Waals surface area contributed by atoms with Crippen LogP contribution in [0.1, 0.15) is 20.8 Å². The van der Waals surface area contributed by atoms with Crippen LogP contribution in [0.2, 0.25) is 0 Å². The fourth-order valence-corrected chi connectivity index (χ4v) is 2.29. The van der Waals surface area contributed by atoms with Crippen LogP contribution >= 0.6 is 11.6 Å². The Morgan fingerprint density at radius 1 is 1.53 bits per heavy atom. The van der Waals surface area contributed by atoms with Gasteiger partial charge in [-0.1, -0.05) is 13.8 Å². The van der Waals surface area contributed by atoms with E-state index in [4.69, 9.17) is 16.7 Å². The van der Waals surface area contributed by atoms with Crippen LogP contribution in [0.15, 0.2) is 11.9 Å². The van der Waals surface area contributed by atoms with E-state index in [0.717, 1.165) is 6.08 Å². The van der Waals surface area contributed by atoms with E-state index in [1.165, 1.54) is 0 Å². The molecule has 1 fully saturated rings. The van der Waals surface area contributed by atoms with Crippen molar-refractivity contribution in [2.45, 2.75) is 25.6 Å². The van der Waals surface area contributed by atoms with E-state index in [2.05, 4.69) is 4.74 Å². The van der Waals surface area contributed by atoms with Crippen molar-refractivity contribution < 1.29 is 23.8 Å². The first-order chi connectivity index (χ1) is 7.69.